The summed E-state index contributed by atoms with van der Waals surface area (Å²) < 4.78 is 57.6. The van der Waals surface area contributed by atoms with Crippen LogP contribution in [0.3, 0.4) is 0 Å². The third-order valence-corrected chi connectivity index (χ3v) is 13.1. The van der Waals surface area contributed by atoms with Crippen molar-refractivity contribution in [3.05, 3.63) is 81.2 Å². The second-order valence-electron chi connectivity index (χ2n) is 10.8. The van der Waals surface area contributed by atoms with E-state index in [0.717, 1.165) is 21.6 Å². The largest absolute Gasteiger partial charge is 0.320 e. The van der Waals surface area contributed by atoms with Crippen LogP contribution in [0.2, 0.25) is 0 Å². The number of sulfonamides is 2. The number of rotatable bonds is 15. The first-order chi connectivity index (χ1) is 21.7. The van der Waals surface area contributed by atoms with Gasteiger partial charge in [0.2, 0.25) is 20.0 Å². The molecule has 0 bridgehead atoms. The maximum Gasteiger partial charge on any atom is 0.265 e. The highest BCUT2D eigenvalue weighted by Gasteiger charge is 2.22. The van der Waals surface area contributed by atoms with Gasteiger partial charge in [-0.25, -0.2) is 26.3 Å². The van der Waals surface area contributed by atoms with Gasteiger partial charge in [-0.05, 0) is 71.1 Å². The number of anilines is 2. The van der Waals surface area contributed by atoms with Crippen molar-refractivity contribution >= 4 is 87.5 Å². The normalized spacial score (nSPS) is 12.0. The zero-order valence-corrected chi connectivity index (χ0v) is 30.3. The number of hydrogen-bond donors (Lipinski definition) is 4. The molecule has 0 radical (unpaired) electrons. The third-order valence-electron chi connectivity index (χ3n) is 6.10. The molecule has 0 spiro atoms. The Hall–Kier alpha value is -2.70. The van der Waals surface area contributed by atoms with Crippen LogP contribution in [0.1, 0.15) is 47.0 Å². The molecular weight excluding hydrogens is 705 g/mol. The van der Waals surface area contributed by atoms with Crippen molar-refractivity contribution in [1.29, 1.82) is 0 Å². The van der Waals surface area contributed by atoms with E-state index in [-0.39, 0.29) is 46.5 Å². The first kappa shape index (κ1) is 36.1. The van der Waals surface area contributed by atoms with Gasteiger partial charge in [-0.3, -0.25) is 9.59 Å². The Morgan fingerprint density at radius 1 is 0.652 bits per heavy atom. The molecule has 0 aliphatic rings. The monoisotopic (exact) mass is 738 g/mol. The van der Waals surface area contributed by atoms with Crippen molar-refractivity contribution in [3.63, 3.8) is 0 Å². The molecule has 2 aromatic carbocycles. The summed E-state index contributed by atoms with van der Waals surface area (Å²) in [5.41, 5.74) is 0.732. The number of benzene rings is 2. The zero-order valence-electron chi connectivity index (χ0n) is 25.4. The van der Waals surface area contributed by atoms with E-state index < -0.39 is 20.0 Å². The van der Waals surface area contributed by atoms with Gasteiger partial charge in [0.15, 0.2) is 0 Å². The third kappa shape index (κ3) is 9.90. The van der Waals surface area contributed by atoms with Crippen LogP contribution in [0, 0.1) is 11.8 Å². The number of amides is 2. The molecule has 10 nitrogen and oxygen atoms in total. The number of carbonyl (C=O) groups is 2. The van der Waals surface area contributed by atoms with Gasteiger partial charge in [0.1, 0.15) is 0 Å². The minimum Gasteiger partial charge on any atom is -0.320 e. The van der Waals surface area contributed by atoms with Gasteiger partial charge in [-0.1, -0.05) is 61.4 Å². The molecule has 16 heteroatoms. The molecule has 0 atom stereocenters. The van der Waals surface area contributed by atoms with Crippen LogP contribution in [-0.2, 0) is 20.0 Å². The van der Waals surface area contributed by atoms with E-state index in [9.17, 15) is 26.4 Å². The predicted molar refractivity (Wildman–Crippen MR) is 189 cm³/mol. The first-order valence-electron chi connectivity index (χ1n) is 14.1. The Labute approximate surface area is 285 Å². The Morgan fingerprint density at radius 2 is 1.04 bits per heavy atom. The van der Waals surface area contributed by atoms with Gasteiger partial charge >= 0.3 is 0 Å². The molecule has 0 fully saturated rings. The minimum absolute atomic E-state index is 0.00538. The SMILES string of the molecule is CC(C)CNS(=O)(=O)c1ccc(NC(=O)c2cccs2)c(SSc2cc(S(=O)(=O)NCC(C)C)ccc2NC(=O)c2cccs2)c1. The average molecular weight is 739 g/mol. The van der Waals surface area contributed by atoms with Crippen molar-refractivity contribution in [2.45, 2.75) is 47.3 Å². The molecule has 0 aliphatic heterocycles. The first-order valence-corrected chi connectivity index (χ1v) is 20.9. The van der Waals surface area contributed by atoms with Crippen LogP contribution in [-0.4, -0.2) is 41.7 Å². The number of nitrogens with one attached hydrogen (secondary N) is 4. The molecule has 2 aromatic heterocycles. The van der Waals surface area contributed by atoms with Crippen LogP contribution >= 0.6 is 44.3 Å². The van der Waals surface area contributed by atoms with E-state index in [2.05, 4.69) is 20.1 Å². The van der Waals surface area contributed by atoms with Crippen molar-refractivity contribution in [2.24, 2.45) is 11.8 Å². The fraction of sp³-hybridized carbons (Fsp3) is 0.267. The average Bonchev–Trinajstić information content (AvgIpc) is 3.75. The standard InChI is InChI=1S/C30H34N4O6S6/c1-19(2)17-31-45(37,38)21-9-11-23(33-29(35)25-7-5-13-41-25)27(15-21)43-44-28-16-22(46(39,40)32-18-20(3)4)10-12-24(28)34-30(36)26-8-6-14-42-26/h5-16,19-20,31-32H,17-18H2,1-4H3,(H,33,35)(H,34,36). The van der Waals surface area contributed by atoms with Gasteiger partial charge in [0, 0.05) is 22.9 Å². The van der Waals surface area contributed by atoms with Crippen LogP contribution in [0.25, 0.3) is 0 Å². The molecule has 0 unspecified atom stereocenters. The molecule has 4 N–H and O–H groups in total. The highest BCUT2D eigenvalue weighted by atomic mass is 33.1. The Morgan fingerprint density at radius 3 is 1.37 bits per heavy atom. The van der Waals surface area contributed by atoms with Gasteiger partial charge in [-0.15, -0.1) is 22.7 Å². The van der Waals surface area contributed by atoms with Crippen molar-refractivity contribution in [3.8, 4) is 0 Å². The van der Waals surface area contributed by atoms with E-state index >= 15 is 0 Å². The zero-order chi connectivity index (χ0) is 33.5. The molecule has 4 aromatic rings. The summed E-state index contributed by atoms with van der Waals surface area (Å²) in [7, 11) is -5.49. The Bertz CT molecular complexity index is 1740. The van der Waals surface area contributed by atoms with Crippen LogP contribution in [0.4, 0.5) is 11.4 Å². The topological polar surface area (TPSA) is 151 Å². The second-order valence-corrected chi connectivity index (χ2v) is 18.5. The maximum atomic E-state index is 13.1. The molecule has 0 aliphatic carbocycles. The van der Waals surface area contributed by atoms with Gasteiger partial charge in [0.25, 0.3) is 11.8 Å². The molecule has 246 valence electrons. The van der Waals surface area contributed by atoms with Gasteiger partial charge in [0.05, 0.1) is 30.9 Å². The number of thiophene rings is 2. The van der Waals surface area contributed by atoms with Crippen LogP contribution in [0.15, 0.2) is 91.0 Å². The highest BCUT2D eigenvalue weighted by molar-refractivity contribution is 8.76. The highest BCUT2D eigenvalue weighted by Crippen LogP contribution is 2.45. The second kappa shape index (κ2) is 15.9. The van der Waals surface area contributed by atoms with Crippen molar-refractivity contribution < 1.29 is 26.4 Å². The molecular formula is C30H34N4O6S6. The summed E-state index contributed by atoms with van der Waals surface area (Å²) in [6.07, 6.45) is 0. The van der Waals surface area contributed by atoms with Crippen molar-refractivity contribution in [2.75, 3.05) is 23.7 Å². The lowest BCUT2D eigenvalue weighted by atomic mass is 10.2. The Kier molecular flexibility index (Phi) is 12.5. The van der Waals surface area contributed by atoms with E-state index in [1.807, 2.05) is 27.7 Å². The van der Waals surface area contributed by atoms with Crippen LogP contribution < -0.4 is 20.1 Å². The quantitative estimate of drug-likeness (QED) is 0.0955. The van der Waals surface area contributed by atoms with Gasteiger partial charge < -0.3 is 10.6 Å². The van der Waals surface area contributed by atoms with E-state index in [1.165, 1.54) is 59.1 Å². The molecule has 46 heavy (non-hydrogen) atoms. The molecule has 0 saturated carbocycles. The molecule has 2 amide bonds. The predicted octanol–water partition coefficient (Wildman–Crippen LogP) is 6.98. The molecule has 4 rings (SSSR count). The minimum atomic E-state index is -3.86. The smallest absolute Gasteiger partial charge is 0.265 e. The molecule has 2 heterocycles. The summed E-state index contributed by atoms with van der Waals surface area (Å²) in [5.74, 6) is -0.540. The number of hydrogen-bond acceptors (Lipinski definition) is 10. The van der Waals surface area contributed by atoms with Crippen molar-refractivity contribution in [1.82, 2.24) is 9.44 Å². The maximum absolute atomic E-state index is 13.1. The van der Waals surface area contributed by atoms with E-state index in [0.29, 0.717) is 30.9 Å². The van der Waals surface area contributed by atoms with Gasteiger partial charge in [-0.2, -0.15) is 0 Å². The summed E-state index contributed by atoms with van der Waals surface area (Å²) in [6.45, 7) is 8.07. The lowest BCUT2D eigenvalue weighted by Gasteiger charge is -2.16. The van der Waals surface area contributed by atoms with Crippen LogP contribution in [0.5, 0.6) is 0 Å². The van der Waals surface area contributed by atoms with E-state index in [4.69, 9.17) is 0 Å². The number of carbonyl (C=O) groups excluding carboxylic acids is 2. The summed E-state index contributed by atoms with van der Waals surface area (Å²) in [6, 6.07) is 15.7. The Balaban J connectivity index is 1.71. The molecule has 0 saturated heterocycles. The summed E-state index contributed by atoms with van der Waals surface area (Å²) in [5, 5.41) is 9.26. The lowest BCUT2D eigenvalue weighted by Crippen LogP contribution is -2.27. The van der Waals surface area contributed by atoms with E-state index in [1.54, 1.807) is 35.0 Å². The fourth-order valence-electron chi connectivity index (χ4n) is 3.68. The summed E-state index contributed by atoms with van der Waals surface area (Å²) >= 11 is 2.53. The fourth-order valence-corrected chi connectivity index (χ4v) is 9.86. The lowest BCUT2D eigenvalue weighted by molar-refractivity contribution is 0.102. The summed E-state index contributed by atoms with van der Waals surface area (Å²) in [4.78, 5) is 27.7.